The van der Waals surface area contributed by atoms with Gasteiger partial charge >= 0.3 is 6.18 Å². The molecule has 1 aliphatic rings. The molecule has 0 spiro atoms. The lowest BCUT2D eigenvalue weighted by molar-refractivity contribution is -0.150. The number of piperazine rings is 1. The number of hydrogen-bond donors (Lipinski definition) is 3. The number of aromatic nitrogens is 1. The van der Waals surface area contributed by atoms with Crippen LogP contribution in [0.3, 0.4) is 0 Å². The number of aliphatic hydroxyl groups excluding tert-OH is 1. The number of halogens is 3. The Kier molecular flexibility index (Phi) is 9.89. The number of anilines is 1. The van der Waals surface area contributed by atoms with Crippen LogP contribution in [0.5, 0.6) is 5.75 Å². The van der Waals surface area contributed by atoms with Crippen LogP contribution in [-0.2, 0) is 22.2 Å². The summed E-state index contributed by atoms with van der Waals surface area (Å²) < 4.78 is 46.3. The predicted octanol–water partition coefficient (Wildman–Crippen LogP) is 4.11. The summed E-state index contributed by atoms with van der Waals surface area (Å²) in [6.07, 6.45) is -5.12. The normalized spacial score (nSPS) is 15.4. The van der Waals surface area contributed by atoms with Crippen LogP contribution in [0.2, 0.25) is 0 Å². The molecule has 1 aromatic heterocycles. The second kappa shape index (κ2) is 13.4. The molecule has 3 N–H and O–H groups in total. The van der Waals surface area contributed by atoms with Crippen molar-refractivity contribution in [3.8, 4) is 5.75 Å². The van der Waals surface area contributed by atoms with Crippen LogP contribution in [0, 0.1) is 12.8 Å². The molecule has 12 heteroatoms. The molecule has 42 heavy (non-hydrogen) atoms. The van der Waals surface area contributed by atoms with Crippen LogP contribution in [-0.4, -0.2) is 70.9 Å². The number of rotatable bonds is 10. The molecule has 1 saturated heterocycles. The smallest absolute Gasteiger partial charge is 0.433 e. The molecule has 0 saturated carbocycles. The van der Waals surface area contributed by atoms with Crippen LogP contribution in [0.1, 0.15) is 36.6 Å². The van der Waals surface area contributed by atoms with Gasteiger partial charge in [0.05, 0.1) is 18.0 Å². The number of aryl methyl sites for hydroxylation is 2. The Bertz CT molecular complexity index is 1390. The van der Waals surface area contributed by atoms with Gasteiger partial charge in [0.2, 0.25) is 5.91 Å². The number of alkyl halides is 3. The Morgan fingerprint density at radius 3 is 2.38 bits per heavy atom. The van der Waals surface area contributed by atoms with Gasteiger partial charge in [-0.15, -0.1) is 0 Å². The molecule has 2 amide bonds. The minimum atomic E-state index is -4.62. The fourth-order valence-electron chi connectivity index (χ4n) is 5.24. The number of amides is 2. The first-order chi connectivity index (χ1) is 20.0. The summed E-state index contributed by atoms with van der Waals surface area (Å²) in [7, 11) is 0. The van der Waals surface area contributed by atoms with Gasteiger partial charge in [-0.3, -0.25) is 14.8 Å². The van der Waals surface area contributed by atoms with Crippen molar-refractivity contribution in [2.45, 2.75) is 45.4 Å². The van der Waals surface area contributed by atoms with Gasteiger partial charge in [-0.1, -0.05) is 23.8 Å². The number of hydroxylamine groups is 1. The summed E-state index contributed by atoms with van der Waals surface area (Å²) in [5, 5.41) is 20.3. The quantitative estimate of drug-likeness (QED) is 0.241. The van der Waals surface area contributed by atoms with Crippen LogP contribution >= 0.6 is 0 Å². The summed E-state index contributed by atoms with van der Waals surface area (Å²) in [6, 6.07) is 13.6. The highest BCUT2D eigenvalue weighted by Gasteiger charge is 2.37. The van der Waals surface area contributed by atoms with Crippen molar-refractivity contribution >= 4 is 28.4 Å². The summed E-state index contributed by atoms with van der Waals surface area (Å²) in [5.41, 5.74) is 2.92. The Labute approximate surface area is 241 Å². The lowest BCUT2D eigenvalue weighted by Gasteiger charge is -2.38. The number of aliphatic hydroxyl groups is 1. The van der Waals surface area contributed by atoms with Crippen molar-refractivity contribution in [2.75, 3.05) is 37.7 Å². The molecule has 1 fully saturated rings. The van der Waals surface area contributed by atoms with Gasteiger partial charge < -0.3 is 19.6 Å². The van der Waals surface area contributed by atoms with Crippen molar-refractivity contribution in [2.24, 2.45) is 5.92 Å². The monoisotopic (exact) mass is 588 g/mol. The maximum absolute atomic E-state index is 13.6. The summed E-state index contributed by atoms with van der Waals surface area (Å²) >= 11 is 0. The van der Waals surface area contributed by atoms with Gasteiger partial charge in [0.15, 0.2) is 0 Å². The van der Waals surface area contributed by atoms with E-state index in [4.69, 9.17) is 9.94 Å². The average molecular weight is 589 g/mol. The highest BCUT2D eigenvalue weighted by atomic mass is 19.4. The average Bonchev–Trinajstić information content (AvgIpc) is 2.98. The molecule has 9 nitrogen and oxygen atoms in total. The molecule has 0 aliphatic carbocycles. The molecule has 0 radical (unpaired) electrons. The zero-order valence-electron chi connectivity index (χ0n) is 23.5. The van der Waals surface area contributed by atoms with Crippen molar-refractivity contribution in [1.82, 2.24) is 15.4 Å². The standard InChI is InChI=1S/C30H35F3N4O5/c1-3-42-21-10-8-20(9-11-21)5-4-6-22(27(38)28(39)35-41)29(40)37-15-13-36(14-16-37)25-18-26(30(31,32)33)34-24-12-7-19(2)17-23(24)25/h7-12,17-18,22,27,38,41H,3-6,13-16H2,1-2H3,(H,35,39)/t22-,27+/m1/s1. The second-order valence-corrected chi connectivity index (χ2v) is 10.4. The first-order valence-corrected chi connectivity index (χ1v) is 13.9. The van der Waals surface area contributed by atoms with E-state index in [-0.39, 0.29) is 38.1 Å². The van der Waals surface area contributed by atoms with Crippen molar-refractivity contribution < 1.29 is 37.8 Å². The molecule has 0 unspecified atom stereocenters. The largest absolute Gasteiger partial charge is 0.494 e. The predicted molar refractivity (Wildman–Crippen MR) is 150 cm³/mol. The number of pyridine rings is 1. The number of ether oxygens (including phenoxy) is 1. The minimum Gasteiger partial charge on any atom is -0.494 e. The maximum Gasteiger partial charge on any atom is 0.433 e. The third-order valence-corrected chi connectivity index (χ3v) is 7.46. The topological polar surface area (TPSA) is 115 Å². The highest BCUT2D eigenvalue weighted by Crippen LogP contribution is 2.35. The first-order valence-electron chi connectivity index (χ1n) is 13.9. The highest BCUT2D eigenvalue weighted by molar-refractivity contribution is 5.93. The fraction of sp³-hybridized carbons (Fsp3) is 0.433. The number of carbonyl (C=O) groups excluding carboxylic acids is 2. The number of hydrogen-bond acceptors (Lipinski definition) is 7. The number of nitrogens with zero attached hydrogens (tertiary/aromatic N) is 3. The lowest BCUT2D eigenvalue weighted by Crippen LogP contribution is -2.53. The van der Waals surface area contributed by atoms with E-state index in [1.54, 1.807) is 23.1 Å². The van der Waals surface area contributed by atoms with E-state index < -0.39 is 35.7 Å². The molecule has 226 valence electrons. The van der Waals surface area contributed by atoms with Crippen LogP contribution < -0.4 is 15.1 Å². The molecular formula is C30H35F3N4O5. The fourth-order valence-corrected chi connectivity index (χ4v) is 5.24. The molecule has 2 heterocycles. The molecule has 1 aliphatic heterocycles. The van der Waals surface area contributed by atoms with E-state index in [0.29, 0.717) is 30.5 Å². The Morgan fingerprint density at radius 1 is 1.07 bits per heavy atom. The van der Waals surface area contributed by atoms with Crippen molar-refractivity contribution in [3.63, 3.8) is 0 Å². The third kappa shape index (κ3) is 7.29. The van der Waals surface area contributed by atoms with E-state index >= 15 is 0 Å². The number of nitrogens with one attached hydrogen (secondary N) is 1. The molecular weight excluding hydrogens is 553 g/mol. The van der Waals surface area contributed by atoms with Crippen LogP contribution in [0.25, 0.3) is 10.9 Å². The van der Waals surface area contributed by atoms with Crippen LogP contribution in [0.4, 0.5) is 18.9 Å². The Morgan fingerprint density at radius 2 is 1.76 bits per heavy atom. The minimum absolute atomic E-state index is 0.179. The van der Waals surface area contributed by atoms with E-state index in [9.17, 15) is 27.9 Å². The van der Waals surface area contributed by atoms with Gasteiger partial charge in [0.1, 0.15) is 17.5 Å². The van der Waals surface area contributed by atoms with Gasteiger partial charge in [-0.2, -0.15) is 13.2 Å². The van der Waals surface area contributed by atoms with Gasteiger partial charge in [-0.25, -0.2) is 10.5 Å². The van der Waals surface area contributed by atoms with Crippen LogP contribution in [0.15, 0.2) is 48.5 Å². The van der Waals surface area contributed by atoms with Gasteiger partial charge in [0, 0.05) is 37.3 Å². The number of carbonyl (C=O) groups is 2. The lowest BCUT2D eigenvalue weighted by atomic mass is 9.92. The Balaban J connectivity index is 1.46. The van der Waals surface area contributed by atoms with E-state index in [2.05, 4.69) is 4.98 Å². The van der Waals surface area contributed by atoms with Gasteiger partial charge in [-0.05, 0) is 69.0 Å². The summed E-state index contributed by atoms with van der Waals surface area (Å²) in [5.74, 6) is -1.89. The zero-order valence-corrected chi connectivity index (χ0v) is 23.5. The number of benzene rings is 2. The molecule has 0 bridgehead atoms. The molecule has 3 aromatic rings. The first kappa shape index (κ1) is 31.0. The zero-order chi connectivity index (χ0) is 30.4. The summed E-state index contributed by atoms with van der Waals surface area (Å²) in [4.78, 5) is 32.7. The summed E-state index contributed by atoms with van der Waals surface area (Å²) in [6.45, 7) is 5.15. The van der Waals surface area contributed by atoms with Crippen molar-refractivity contribution in [1.29, 1.82) is 0 Å². The number of fused-ring (bicyclic) bond motifs is 1. The van der Waals surface area contributed by atoms with Crippen molar-refractivity contribution in [3.05, 3.63) is 65.4 Å². The molecule has 2 atom stereocenters. The third-order valence-electron chi connectivity index (χ3n) is 7.46. The second-order valence-electron chi connectivity index (χ2n) is 10.4. The molecule has 4 rings (SSSR count). The maximum atomic E-state index is 13.6. The van der Waals surface area contributed by atoms with E-state index in [1.807, 2.05) is 38.1 Å². The molecule has 2 aromatic carbocycles. The SMILES string of the molecule is CCOc1ccc(CCC[C@@H](C(=O)N2CCN(c3cc(C(F)(F)F)nc4ccc(C)cc34)CC2)[C@H](O)C(=O)NO)cc1. The Hall–Kier alpha value is -3.90. The van der Waals surface area contributed by atoms with E-state index in [1.165, 1.54) is 10.4 Å². The van der Waals surface area contributed by atoms with Gasteiger partial charge in [0.25, 0.3) is 5.91 Å². The van der Waals surface area contributed by atoms with E-state index in [0.717, 1.165) is 22.9 Å².